The topological polar surface area (TPSA) is 55.5 Å². The third kappa shape index (κ3) is 2.34. The first-order valence-corrected chi connectivity index (χ1v) is 5.90. The van der Waals surface area contributed by atoms with E-state index in [9.17, 15) is 9.50 Å². The zero-order valence-electron chi connectivity index (χ0n) is 9.73. The number of nitrogens with two attached hydrogens (primary N) is 1. The first-order valence-electron chi connectivity index (χ1n) is 5.90. The van der Waals surface area contributed by atoms with Crippen LogP contribution in [0.15, 0.2) is 24.3 Å². The molecule has 0 spiro atoms. The highest BCUT2D eigenvalue weighted by molar-refractivity contribution is 5.22. The Morgan fingerprint density at radius 3 is 2.59 bits per heavy atom. The summed E-state index contributed by atoms with van der Waals surface area (Å²) >= 11 is 0. The minimum atomic E-state index is -0.863. The second kappa shape index (κ2) is 5.12. The van der Waals surface area contributed by atoms with Crippen molar-refractivity contribution in [1.29, 1.82) is 0 Å². The summed E-state index contributed by atoms with van der Waals surface area (Å²) in [6.07, 6.45) is 0.468. The zero-order valence-corrected chi connectivity index (χ0v) is 9.73. The van der Waals surface area contributed by atoms with E-state index in [1.165, 1.54) is 6.07 Å². The Morgan fingerprint density at radius 1 is 1.35 bits per heavy atom. The zero-order chi connectivity index (χ0) is 12.3. The average molecular weight is 239 g/mol. The summed E-state index contributed by atoms with van der Waals surface area (Å²) in [6.45, 7) is 1.48. The highest BCUT2D eigenvalue weighted by atomic mass is 19.1. The van der Waals surface area contributed by atoms with Gasteiger partial charge in [-0.15, -0.1) is 0 Å². The first-order chi connectivity index (χ1) is 8.19. The predicted octanol–water partition coefficient (Wildman–Crippen LogP) is 1.61. The Bertz CT molecular complexity index is 377. The molecule has 2 rings (SSSR count). The maximum Gasteiger partial charge on any atom is 0.129 e. The smallest absolute Gasteiger partial charge is 0.129 e. The van der Waals surface area contributed by atoms with Crippen molar-refractivity contribution in [2.45, 2.75) is 18.9 Å². The highest BCUT2D eigenvalue weighted by Crippen LogP contribution is 2.42. The van der Waals surface area contributed by atoms with Gasteiger partial charge in [-0.3, -0.25) is 0 Å². The molecular formula is C13H18FNO2. The second-order valence-electron chi connectivity index (χ2n) is 4.60. The highest BCUT2D eigenvalue weighted by Gasteiger charge is 2.40. The molecule has 1 aromatic carbocycles. The second-order valence-corrected chi connectivity index (χ2v) is 4.60. The van der Waals surface area contributed by atoms with Crippen LogP contribution < -0.4 is 5.73 Å². The van der Waals surface area contributed by atoms with Crippen molar-refractivity contribution < 1.29 is 14.2 Å². The molecule has 94 valence electrons. The van der Waals surface area contributed by atoms with Gasteiger partial charge in [-0.1, -0.05) is 18.2 Å². The van der Waals surface area contributed by atoms with Crippen molar-refractivity contribution in [3.8, 4) is 0 Å². The van der Waals surface area contributed by atoms with Crippen LogP contribution in [0, 0.1) is 11.2 Å². The molecule has 0 aliphatic carbocycles. The third-order valence-electron chi connectivity index (χ3n) is 3.67. The Morgan fingerprint density at radius 2 is 2.00 bits per heavy atom. The van der Waals surface area contributed by atoms with Gasteiger partial charge in [0.15, 0.2) is 0 Å². The van der Waals surface area contributed by atoms with E-state index >= 15 is 0 Å². The van der Waals surface area contributed by atoms with E-state index in [-0.39, 0.29) is 5.82 Å². The fourth-order valence-corrected chi connectivity index (χ4v) is 2.39. The van der Waals surface area contributed by atoms with Gasteiger partial charge in [0.1, 0.15) is 5.82 Å². The molecule has 1 aromatic rings. The van der Waals surface area contributed by atoms with Crippen LogP contribution in [0.2, 0.25) is 0 Å². The van der Waals surface area contributed by atoms with Crippen LogP contribution in [0.1, 0.15) is 24.5 Å². The van der Waals surface area contributed by atoms with E-state index in [2.05, 4.69) is 0 Å². The number of halogens is 1. The summed E-state index contributed by atoms with van der Waals surface area (Å²) in [6, 6.07) is 6.32. The van der Waals surface area contributed by atoms with Gasteiger partial charge < -0.3 is 15.6 Å². The molecule has 0 saturated carbocycles. The van der Waals surface area contributed by atoms with Crippen molar-refractivity contribution >= 4 is 0 Å². The molecule has 1 aliphatic rings. The predicted molar refractivity (Wildman–Crippen MR) is 62.9 cm³/mol. The molecule has 0 amide bonds. The molecule has 3 nitrogen and oxygen atoms in total. The molecule has 0 bridgehead atoms. The largest absolute Gasteiger partial charge is 0.388 e. The van der Waals surface area contributed by atoms with Gasteiger partial charge in [0.05, 0.1) is 6.10 Å². The maximum atomic E-state index is 13.7. The number of aliphatic hydroxyl groups is 1. The lowest BCUT2D eigenvalue weighted by molar-refractivity contribution is -0.0593. The summed E-state index contributed by atoms with van der Waals surface area (Å²) in [5.41, 5.74) is 5.66. The molecular weight excluding hydrogens is 221 g/mol. The fraction of sp³-hybridized carbons (Fsp3) is 0.538. The van der Waals surface area contributed by atoms with Crippen molar-refractivity contribution in [2.24, 2.45) is 11.1 Å². The van der Waals surface area contributed by atoms with Gasteiger partial charge >= 0.3 is 0 Å². The van der Waals surface area contributed by atoms with E-state index in [4.69, 9.17) is 10.5 Å². The van der Waals surface area contributed by atoms with Crippen molar-refractivity contribution in [3.63, 3.8) is 0 Å². The quantitative estimate of drug-likeness (QED) is 0.842. The molecule has 1 aliphatic heterocycles. The van der Waals surface area contributed by atoms with Crippen LogP contribution in [0.4, 0.5) is 4.39 Å². The normalized spacial score (nSPS) is 21.1. The third-order valence-corrected chi connectivity index (χ3v) is 3.67. The molecule has 1 heterocycles. The Hall–Kier alpha value is -0.970. The lowest BCUT2D eigenvalue weighted by Gasteiger charge is -2.40. The molecule has 3 N–H and O–H groups in total. The fourth-order valence-electron chi connectivity index (χ4n) is 2.39. The lowest BCUT2D eigenvalue weighted by Crippen LogP contribution is -2.41. The molecule has 1 saturated heterocycles. The minimum Gasteiger partial charge on any atom is -0.388 e. The van der Waals surface area contributed by atoms with E-state index in [1.807, 2.05) is 0 Å². The molecule has 0 radical (unpaired) electrons. The number of aliphatic hydroxyl groups excluding tert-OH is 1. The maximum absolute atomic E-state index is 13.7. The van der Waals surface area contributed by atoms with Crippen molar-refractivity contribution in [1.82, 2.24) is 0 Å². The molecule has 17 heavy (non-hydrogen) atoms. The number of hydrogen-bond acceptors (Lipinski definition) is 3. The molecule has 0 aromatic heterocycles. The molecule has 0 unspecified atom stereocenters. The van der Waals surface area contributed by atoms with E-state index in [0.29, 0.717) is 38.2 Å². The van der Waals surface area contributed by atoms with Crippen molar-refractivity contribution in [2.75, 3.05) is 19.8 Å². The molecule has 1 fully saturated rings. The van der Waals surface area contributed by atoms with Crippen LogP contribution >= 0.6 is 0 Å². The van der Waals surface area contributed by atoms with Crippen LogP contribution in [0.25, 0.3) is 0 Å². The van der Waals surface area contributed by atoms with Crippen LogP contribution in [0.5, 0.6) is 0 Å². The molecule has 1 atom stereocenters. The Balaban J connectivity index is 2.28. The first kappa shape index (κ1) is 12.5. The van der Waals surface area contributed by atoms with Gasteiger partial charge in [-0.2, -0.15) is 0 Å². The number of ether oxygens (including phenoxy) is 1. The van der Waals surface area contributed by atoms with E-state index in [1.54, 1.807) is 18.2 Å². The summed E-state index contributed by atoms with van der Waals surface area (Å²) in [4.78, 5) is 0. The minimum absolute atomic E-state index is 0.333. The van der Waals surface area contributed by atoms with Gasteiger partial charge in [0.25, 0.3) is 0 Å². The summed E-state index contributed by atoms with van der Waals surface area (Å²) < 4.78 is 19.0. The van der Waals surface area contributed by atoms with Gasteiger partial charge in [0, 0.05) is 30.7 Å². The molecule has 4 heteroatoms. The Labute approximate surface area is 100 Å². The van der Waals surface area contributed by atoms with Gasteiger partial charge in [0.2, 0.25) is 0 Å². The van der Waals surface area contributed by atoms with Gasteiger partial charge in [-0.05, 0) is 18.9 Å². The standard InChI is InChI=1S/C13H18FNO2/c14-11-4-2-1-3-10(11)12(16)13(9-15)5-7-17-8-6-13/h1-4,12,16H,5-9,15H2/t12-/m0/s1. The van der Waals surface area contributed by atoms with Crippen LogP contribution in [0.3, 0.4) is 0 Å². The summed E-state index contributed by atoms with van der Waals surface area (Å²) in [5.74, 6) is -0.376. The van der Waals surface area contributed by atoms with Crippen LogP contribution in [-0.2, 0) is 4.74 Å². The average Bonchev–Trinajstić information content (AvgIpc) is 2.39. The summed E-state index contributed by atoms with van der Waals surface area (Å²) in [5, 5.41) is 10.4. The SMILES string of the molecule is NCC1([C@@H](O)c2ccccc2F)CCOCC1. The number of hydrogen-bond donors (Lipinski definition) is 2. The van der Waals surface area contributed by atoms with E-state index < -0.39 is 11.5 Å². The van der Waals surface area contributed by atoms with Gasteiger partial charge in [-0.25, -0.2) is 4.39 Å². The monoisotopic (exact) mass is 239 g/mol. The number of benzene rings is 1. The van der Waals surface area contributed by atoms with Crippen molar-refractivity contribution in [3.05, 3.63) is 35.6 Å². The summed E-state index contributed by atoms with van der Waals surface area (Å²) in [7, 11) is 0. The van der Waals surface area contributed by atoms with Crippen LogP contribution in [-0.4, -0.2) is 24.9 Å². The Kier molecular flexibility index (Phi) is 3.76. The number of rotatable bonds is 3. The lowest BCUT2D eigenvalue weighted by atomic mass is 9.73. The van der Waals surface area contributed by atoms with E-state index in [0.717, 1.165) is 0 Å².